The van der Waals surface area contributed by atoms with Gasteiger partial charge in [-0.15, -0.1) is 0 Å². The van der Waals surface area contributed by atoms with E-state index in [1.807, 2.05) is 0 Å². The van der Waals surface area contributed by atoms with Crippen molar-refractivity contribution >= 4 is 29.6 Å². The van der Waals surface area contributed by atoms with Gasteiger partial charge >= 0.3 is 29.6 Å². The molecule has 52 valence electrons. The van der Waals surface area contributed by atoms with Crippen LogP contribution in [0.25, 0.3) is 0 Å². The Morgan fingerprint density at radius 3 is 2.22 bits per heavy atom. The summed E-state index contributed by atoms with van der Waals surface area (Å²) in [7, 11) is 0. The van der Waals surface area contributed by atoms with E-state index in [9.17, 15) is 0 Å². The molecule has 4 N–H and O–H groups in total. The molecule has 1 unspecified atom stereocenters. The Labute approximate surface area is 79.7 Å². The van der Waals surface area contributed by atoms with Crippen molar-refractivity contribution in [2.24, 2.45) is 17.4 Å². The van der Waals surface area contributed by atoms with E-state index in [4.69, 9.17) is 11.5 Å². The van der Waals surface area contributed by atoms with Crippen LogP contribution in [0.15, 0.2) is 0 Å². The second kappa shape index (κ2) is 8.92. The van der Waals surface area contributed by atoms with Crippen molar-refractivity contribution < 1.29 is 0 Å². The standard InChI is InChI=1S/C6H16N2.Na.H/c1-6(5-8)3-2-4-7;;/h6H,2-5,7-8H2,1H3;;. The molecule has 0 radical (unpaired) electrons. The Balaban J connectivity index is 0. The molecule has 0 rings (SSSR count). The summed E-state index contributed by atoms with van der Waals surface area (Å²) in [6.07, 6.45) is 2.28. The number of rotatable bonds is 4. The van der Waals surface area contributed by atoms with Crippen LogP contribution in [0.5, 0.6) is 0 Å². The van der Waals surface area contributed by atoms with Crippen LogP contribution in [-0.2, 0) is 0 Å². The second-order valence-electron chi connectivity index (χ2n) is 2.27. The molecular formula is C6H17N2Na. The van der Waals surface area contributed by atoms with Gasteiger partial charge < -0.3 is 11.5 Å². The Kier molecular flexibility index (Phi) is 12.5. The first-order chi connectivity index (χ1) is 3.81. The fourth-order valence-corrected chi connectivity index (χ4v) is 0.584. The number of nitrogens with two attached hydrogens (primary N) is 2. The monoisotopic (exact) mass is 140 g/mol. The van der Waals surface area contributed by atoms with Gasteiger partial charge in [0.2, 0.25) is 0 Å². The fourth-order valence-electron chi connectivity index (χ4n) is 0.584. The molecule has 0 amide bonds. The number of hydrogen-bond donors (Lipinski definition) is 2. The summed E-state index contributed by atoms with van der Waals surface area (Å²) in [5.74, 6) is 0.651. The molecule has 0 aliphatic carbocycles. The first-order valence-electron chi connectivity index (χ1n) is 3.21. The summed E-state index contributed by atoms with van der Waals surface area (Å²) in [6.45, 7) is 3.74. The zero-order valence-corrected chi connectivity index (χ0v) is 5.56. The van der Waals surface area contributed by atoms with Gasteiger partial charge in [0.25, 0.3) is 0 Å². The number of hydrogen-bond acceptors (Lipinski definition) is 2. The zero-order valence-electron chi connectivity index (χ0n) is 5.56. The molecule has 3 heteroatoms. The van der Waals surface area contributed by atoms with Gasteiger partial charge in [-0.05, 0) is 31.8 Å². The molecule has 0 aromatic carbocycles. The van der Waals surface area contributed by atoms with Crippen molar-refractivity contribution in [1.82, 2.24) is 0 Å². The Hall–Kier alpha value is 0.920. The minimum absolute atomic E-state index is 0. The molecular weight excluding hydrogens is 123 g/mol. The molecule has 0 saturated heterocycles. The summed E-state index contributed by atoms with van der Waals surface area (Å²) in [5, 5.41) is 0. The van der Waals surface area contributed by atoms with Crippen LogP contribution in [0, 0.1) is 5.92 Å². The Morgan fingerprint density at radius 2 is 1.89 bits per heavy atom. The van der Waals surface area contributed by atoms with Gasteiger partial charge in [-0.3, -0.25) is 0 Å². The molecule has 0 bridgehead atoms. The quantitative estimate of drug-likeness (QED) is 0.525. The van der Waals surface area contributed by atoms with E-state index in [-0.39, 0.29) is 29.6 Å². The first kappa shape index (κ1) is 12.6. The maximum atomic E-state index is 5.37. The normalized spacial score (nSPS) is 12.3. The van der Waals surface area contributed by atoms with E-state index in [0.717, 1.165) is 19.5 Å². The molecule has 1 atom stereocenters. The van der Waals surface area contributed by atoms with Gasteiger partial charge in [-0.1, -0.05) is 6.92 Å². The summed E-state index contributed by atoms with van der Waals surface area (Å²) >= 11 is 0. The molecule has 0 spiro atoms. The molecule has 0 aromatic heterocycles. The summed E-state index contributed by atoms with van der Waals surface area (Å²) in [5.41, 5.74) is 10.7. The molecule has 0 saturated carbocycles. The SMILES string of the molecule is CC(CN)CCCN.[NaH]. The third-order valence-electron chi connectivity index (χ3n) is 1.30. The van der Waals surface area contributed by atoms with Crippen LogP contribution in [0.1, 0.15) is 19.8 Å². The fraction of sp³-hybridized carbons (Fsp3) is 1.00. The van der Waals surface area contributed by atoms with Crippen LogP contribution in [0.2, 0.25) is 0 Å². The van der Waals surface area contributed by atoms with Gasteiger partial charge in [0, 0.05) is 0 Å². The van der Waals surface area contributed by atoms with Crippen molar-refractivity contribution in [3.63, 3.8) is 0 Å². The predicted molar refractivity (Wildman–Crippen MR) is 43.7 cm³/mol. The van der Waals surface area contributed by atoms with E-state index in [1.54, 1.807) is 0 Å². The summed E-state index contributed by atoms with van der Waals surface area (Å²) < 4.78 is 0. The molecule has 0 aliphatic heterocycles. The Bertz CT molecular complexity index is 50.3. The van der Waals surface area contributed by atoms with Gasteiger partial charge in [0.15, 0.2) is 0 Å². The molecule has 0 fully saturated rings. The van der Waals surface area contributed by atoms with Crippen LogP contribution >= 0.6 is 0 Å². The topological polar surface area (TPSA) is 52.0 Å². The van der Waals surface area contributed by atoms with Crippen molar-refractivity contribution in [2.75, 3.05) is 13.1 Å². The first-order valence-corrected chi connectivity index (χ1v) is 3.21. The van der Waals surface area contributed by atoms with E-state index in [0.29, 0.717) is 5.92 Å². The van der Waals surface area contributed by atoms with Gasteiger partial charge in [0.05, 0.1) is 0 Å². The van der Waals surface area contributed by atoms with Crippen LogP contribution in [0.3, 0.4) is 0 Å². The zero-order chi connectivity index (χ0) is 6.41. The van der Waals surface area contributed by atoms with Crippen molar-refractivity contribution in [1.29, 1.82) is 0 Å². The Morgan fingerprint density at radius 1 is 1.33 bits per heavy atom. The van der Waals surface area contributed by atoms with Gasteiger partial charge in [-0.2, -0.15) is 0 Å². The predicted octanol–water partition coefficient (Wildman–Crippen LogP) is -0.328. The third-order valence-corrected chi connectivity index (χ3v) is 1.30. The van der Waals surface area contributed by atoms with Gasteiger partial charge in [-0.25, -0.2) is 0 Å². The maximum absolute atomic E-state index is 5.37. The minimum atomic E-state index is 0. The second-order valence-corrected chi connectivity index (χ2v) is 2.27. The molecule has 2 nitrogen and oxygen atoms in total. The van der Waals surface area contributed by atoms with Crippen LogP contribution in [-0.4, -0.2) is 42.6 Å². The average Bonchev–Trinajstić information content (AvgIpc) is 1.83. The molecule has 9 heavy (non-hydrogen) atoms. The summed E-state index contributed by atoms with van der Waals surface area (Å²) in [6, 6.07) is 0. The van der Waals surface area contributed by atoms with E-state index in [1.165, 1.54) is 6.42 Å². The molecule has 0 aliphatic rings. The van der Waals surface area contributed by atoms with Crippen LogP contribution < -0.4 is 11.5 Å². The molecule has 0 heterocycles. The van der Waals surface area contributed by atoms with Crippen molar-refractivity contribution in [3.05, 3.63) is 0 Å². The van der Waals surface area contributed by atoms with Crippen LogP contribution in [0.4, 0.5) is 0 Å². The van der Waals surface area contributed by atoms with Gasteiger partial charge in [0.1, 0.15) is 0 Å². The van der Waals surface area contributed by atoms with E-state index >= 15 is 0 Å². The summed E-state index contributed by atoms with van der Waals surface area (Å²) in [4.78, 5) is 0. The van der Waals surface area contributed by atoms with E-state index in [2.05, 4.69) is 6.92 Å². The van der Waals surface area contributed by atoms with E-state index < -0.39 is 0 Å². The third kappa shape index (κ3) is 8.92. The van der Waals surface area contributed by atoms with Crippen molar-refractivity contribution in [2.45, 2.75) is 19.8 Å². The van der Waals surface area contributed by atoms with Crippen molar-refractivity contribution in [3.8, 4) is 0 Å². The average molecular weight is 140 g/mol. The molecule has 0 aromatic rings.